The minimum atomic E-state index is -0.469. The van der Waals surface area contributed by atoms with Crippen LogP contribution in [0.15, 0.2) is 18.4 Å². The number of carbonyl (C=O) groups excluding carboxylic acids is 1. The van der Waals surface area contributed by atoms with Gasteiger partial charge in [-0.2, -0.15) is 0 Å². The van der Waals surface area contributed by atoms with E-state index in [1.807, 2.05) is 34.6 Å². The molecule has 1 atom stereocenters. The second-order valence-corrected chi connectivity index (χ2v) is 4.79. The van der Waals surface area contributed by atoms with Crippen molar-refractivity contribution in [1.82, 2.24) is 5.32 Å². The molecule has 0 saturated heterocycles. The van der Waals surface area contributed by atoms with E-state index < -0.39 is 11.7 Å². The van der Waals surface area contributed by atoms with Gasteiger partial charge in [0, 0.05) is 0 Å². The Morgan fingerprint density at radius 2 is 2.00 bits per heavy atom. The van der Waals surface area contributed by atoms with Gasteiger partial charge in [-0.25, -0.2) is 4.79 Å². The van der Waals surface area contributed by atoms with Gasteiger partial charge in [-0.05, 0) is 32.8 Å². The molecule has 0 heterocycles. The summed E-state index contributed by atoms with van der Waals surface area (Å²) in [7, 11) is 0. The number of hydrogen-bond acceptors (Lipinski definition) is 2. The highest BCUT2D eigenvalue weighted by Gasteiger charge is 2.19. The standard InChI is InChI=1S/C12H21NO2/c1-7-8-10(9(2)3)13-11(14)15-12(4,5)6/h8-10H,1H2,2-6H3,(H,13,14)/t10-/m1/s1. The van der Waals surface area contributed by atoms with Gasteiger partial charge in [0.05, 0.1) is 6.04 Å². The third-order valence-corrected chi connectivity index (χ3v) is 1.70. The Bertz CT molecular complexity index is 257. The van der Waals surface area contributed by atoms with Gasteiger partial charge in [0.2, 0.25) is 0 Å². The normalized spacial score (nSPS) is 12.9. The summed E-state index contributed by atoms with van der Waals surface area (Å²) < 4.78 is 5.15. The molecule has 0 spiro atoms. The smallest absolute Gasteiger partial charge is 0.408 e. The second-order valence-electron chi connectivity index (χ2n) is 4.79. The fourth-order valence-corrected chi connectivity index (χ4v) is 0.971. The molecule has 0 unspecified atom stereocenters. The molecular weight excluding hydrogens is 190 g/mol. The highest BCUT2D eigenvalue weighted by Crippen LogP contribution is 2.08. The number of nitrogens with one attached hydrogen (secondary N) is 1. The minimum Gasteiger partial charge on any atom is -0.444 e. The van der Waals surface area contributed by atoms with Crippen molar-refractivity contribution < 1.29 is 9.53 Å². The van der Waals surface area contributed by atoms with Gasteiger partial charge in [-0.15, -0.1) is 5.73 Å². The van der Waals surface area contributed by atoms with Crippen LogP contribution in [0.1, 0.15) is 34.6 Å². The molecule has 0 aromatic carbocycles. The molecule has 3 heteroatoms. The van der Waals surface area contributed by atoms with E-state index in [1.165, 1.54) is 0 Å². The Labute approximate surface area is 92.2 Å². The van der Waals surface area contributed by atoms with Gasteiger partial charge < -0.3 is 10.1 Å². The van der Waals surface area contributed by atoms with Gasteiger partial charge in [0.15, 0.2) is 0 Å². The summed E-state index contributed by atoms with van der Waals surface area (Å²) in [6.45, 7) is 13.0. The maximum absolute atomic E-state index is 11.4. The molecule has 0 aliphatic rings. The van der Waals surface area contributed by atoms with Crippen molar-refractivity contribution in [3.63, 3.8) is 0 Å². The number of hydrogen-bond donors (Lipinski definition) is 1. The van der Waals surface area contributed by atoms with Crippen LogP contribution in [-0.2, 0) is 4.74 Å². The molecular formula is C12H21NO2. The molecule has 86 valence electrons. The average Bonchev–Trinajstić information content (AvgIpc) is 1.99. The maximum atomic E-state index is 11.4. The van der Waals surface area contributed by atoms with Crippen LogP contribution in [0.25, 0.3) is 0 Å². The van der Waals surface area contributed by atoms with Crippen molar-refractivity contribution in [2.75, 3.05) is 0 Å². The van der Waals surface area contributed by atoms with E-state index in [0.717, 1.165) is 0 Å². The quantitative estimate of drug-likeness (QED) is 0.729. The molecule has 1 N–H and O–H groups in total. The predicted octanol–water partition coefficient (Wildman–Crippen LogP) is 2.88. The van der Waals surface area contributed by atoms with E-state index in [9.17, 15) is 4.79 Å². The lowest BCUT2D eigenvalue weighted by Crippen LogP contribution is -2.40. The first-order valence-electron chi connectivity index (χ1n) is 5.11. The zero-order chi connectivity index (χ0) is 12.1. The number of rotatable bonds is 3. The van der Waals surface area contributed by atoms with Crippen molar-refractivity contribution in [2.24, 2.45) is 5.92 Å². The lowest BCUT2D eigenvalue weighted by atomic mass is 10.1. The molecule has 1 amide bonds. The fraction of sp³-hybridized carbons (Fsp3) is 0.667. The fourth-order valence-electron chi connectivity index (χ4n) is 0.971. The zero-order valence-electron chi connectivity index (χ0n) is 10.3. The molecule has 0 aliphatic carbocycles. The lowest BCUT2D eigenvalue weighted by molar-refractivity contribution is 0.0504. The number of carbonyl (C=O) groups is 1. The summed E-state index contributed by atoms with van der Waals surface area (Å²) in [6.07, 6.45) is 1.32. The van der Waals surface area contributed by atoms with Gasteiger partial charge in [0.25, 0.3) is 0 Å². The van der Waals surface area contributed by atoms with Crippen LogP contribution in [0.3, 0.4) is 0 Å². The van der Waals surface area contributed by atoms with Crippen LogP contribution in [0.4, 0.5) is 4.79 Å². The van der Waals surface area contributed by atoms with Crippen LogP contribution in [-0.4, -0.2) is 17.7 Å². The second kappa shape index (κ2) is 5.62. The van der Waals surface area contributed by atoms with Crippen LogP contribution in [0.5, 0.6) is 0 Å². The third-order valence-electron chi connectivity index (χ3n) is 1.70. The van der Waals surface area contributed by atoms with Crippen LogP contribution in [0, 0.1) is 5.92 Å². The summed E-state index contributed by atoms with van der Waals surface area (Å²) in [5.41, 5.74) is 2.20. The van der Waals surface area contributed by atoms with E-state index in [-0.39, 0.29) is 12.0 Å². The summed E-state index contributed by atoms with van der Waals surface area (Å²) in [4.78, 5) is 11.4. The molecule has 0 fully saturated rings. The summed E-state index contributed by atoms with van der Waals surface area (Å²) in [5.74, 6) is 0.284. The Balaban J connectivity index is 4.30. The maximum Gasteiger partial charge on any atom is 0.408 e. The molecule has 0 radical (unpaired) electrons. The monoisotopic (exact) mass is 211 g/mol. The van der Waals surface area contributed by atoms with Crippen LogP contribution in [0.2, 0.25) is 0 Å². The number of ether oxygens (including phenoxy) is 1. The van der Waals surface area contributed by atoms with Crippen molar-refractivity contribution >= 4 is 6.09 Å². The molecule has 0 bridgehead atoms. The summed E-state index contributed by atoms with van der Waals surface area (Å²) in [6, 6.07) is -0.0858. The van der Waals surface area contributed by atoms with Crippen molar-refractivity contribution in [2.45, 2.75) is 46.3 Å². The number of alkyl carbamates (subject to hydrolysis) is 1. The molecule has 0 aromatic rings. The average molecular weight is 211 g/mol. The summed E-state index contributed by atoms with van der Waals surface area (Å²) >= 11 is 0. The minimum absolute atomic E-state index is 0.0858. The highest BCUT2D eigenvalue weighted by molar-refractivity contribution is 5.68. The Morgan fingerprint density at radius 3 is 2.33 bits per heavy atom. The molecule has 0 rings (SSSR count). The SMILES string of the molecule is C=C=C[C@@H](NC(=O)OC(C)(C)C)C(C)C. The van der Waals surface area contributed by atoms with E-state index in [4.69, 9.17) is 4.74 Å². The van der Waals surface area contributed by atoms with E-state index >= 15 is 0 Å². The van der Waals surface area contributed by atoms with Crippen LogP contribution < -0.4 is 5.32 Å². The van der Waals surface area contributed by atoms with Gasteiger partial charge in [-0.1, -0.05) is 20.4 Å². The molecule has 0 aliphatic heterocycles. The largest absolute Gasteiger partial charge is 0.444 e. The zero-order valence-corrected chi connectivity index (χ0v) is 10.3. The van der Waals surface area contributed by atoms with E-state index in [2.05, 4.69) is 17.6 Å². The predicted molar refractivity (Wildman–Crippen MR) is 61.7 cm³/mol. The third kappa shape index (κ3) is 6.81. The highest BCUT2D eigenvalue weighted by atomic mass is 16.6. The van der Waals surface area contributed by atoms with Gasteiger partial charge >= 0.3 is 6.09 Å². The van der Waals surface area contributed by atoms with Crippen molar-refractivity contribution in [3.8, 4) is 0 Å². The lowest BCUT2D eigenvalue weighted by Gasteiger charge is -2.23. The van der Waals surface area contributed by atoms with E-state index in [0.29, 0.717) is 0 Å². The Morgan fingerprint density at radius 1 is 1.47 bits per heavy atom. The first-order valence-corrected chi connectivity index (χ1v) is 5.11. The van der Waals surface area contributed by atoms with Crippen LogP contribution >= 0.6 is 0 Å². The first-order chi connectivity index (χ1) is 6.76. The topological polar surface area (TPSA) is 38.3 Å². The van der Waals surface area contributed by atoms with Gasteiger partial charge in [-0.3, -0.25) is 0 Å². The molecule has 3 nitrogen and oxygen atoms in total. The Hall–Kier alpha value is -1.21. The summed E-state index contributed by atoms with van der Waals surface area (Å²) in [5, 5.41) is 2.75. The number of amides is 1. The van der Waals surface area contributed by atoms with E-state index in [1.54, 1.807) is 6.08 Å². The first kappa shape index (κ1) is 13.8. The molecule has 0 saturated carbocycles. The molecule has 0 aromatic heterocycles. The van der Waals surface area contributed by atoms with Crippen molar-refractivity contribution in [1.29, 1.82) is 0 Å². The molecule has 15 heavy (non-hydrogen) atoms. The van der Waals surface area contributed by atoms with Gasteiger partial charge in [0.1, 0.15) is 5.60 Å². The van der Waals surface area contributed by atoms with Crippen molar-refractivity contribution in [3.05, 3.63) is 18.4 Å². The Kier molecular flexibility index (Phi) is 5.16.